The summed E-state index contributed by atoms with van der Waals surface area (Å²) in [4.78, 5) is 56.4. The van der Waals surface area contributed by atoms with E-state index in [9.17, 15) is 29.4 Å². The van der Waals surface area contributed by atoms with E-state index in [1.807, 2.05) is 0 Å². The van der Waals surface area contributed by atoms with Gasteiger partial charge in [0.15, 0.2) is 16.6 Å². The van der Waals surface area contributed by atoms with Gasteiger partial charge in [-0.05, 0) is 118 Å². The number of likely N-dealkylation sites (N-methyl/N-ethyl adjacent to an activating group) is 1. The third-order valence-electron chi connectivity index (χ3n) is 14.1. The first-order valence-corrected chi connectivity index (χ1v) is 32.8. The van der Waals surface area contributed by atoms with Crippen molar-refractivity contribution in [2.75, 3.05) is 107 Å². The van der Waals surface area contributed by atoms with Gasteiger partial charge in [-0.2, -0.15) is 0 Å². The Morgan fingerprint density at radius 3 is 1.50 bits per heavy atom. The van der Waals surface area contributed by atoms with Gasteiger partial charge in [0.1, 0.15) is 12.6 Å². The summed E-state index contributed by atoms with van der Waals surface area (Å²) < 4.78 is 19.6. The number of hydrogen-bond acceptors (Lipinski definition) is 9. The second kappa shape index (κ2) is 25.7. The van der Waals surface area contributed by atoms with Crippen molar-refractivity contribution in [1.82, 2.24) is 31.1 Å². The summed E-state index contributed by atoms with van der Waals surface area (Å²) in [7, 11) is 6.90. The quantitative estimate of drug-likeness (QED) is 0.0246. The van der Waals surface area contributed by atoms with Crippen molar-refractivity contribution in [3.05, 3.63) is 0 Å². The van der Waals surface area contributed by atoms with Crippen LogP contribution in [0.1, 0.15) is 113 Å². The maximum atomic E-state index is 13.8. The molecule has 0 aromatic rings. The molecule has 2 aliphatic carbocycles. The highest BCUT2D eigenvalue weighted by Crippen LogP contribution is 2.49. The van der Waals surface area contributed by atoms with E-state index >= 15 is 0 Å². The number of nitrogens with one attached hydrogen (secondary N) is 4. The molecule has 17 nitrogen and oxygen atoms in total. The third kappa shape index (κ3) is 23.2. The molecular formula is C51H104N8O9Si2+2. The van der Waals surface area contributed by atoms with Crippen LogP contribution in [0.4, 0.5) is 19.2 Å². The smallest absolute Gasteiger partial charge is 0.336 e. The molecule has 6 N–H and O–H groups in total. The molecule has 0 bridgehead atoms. The molecule has 408 valence electrons. The van der Waals surface area contributed by atoms with Gasteiger partial charge in [-0.25, -0.2) is 29.0 Å². The molecule has 3 aliphatic rings. The average molecular weight is 1030 g/mol. The Hall–Kier alpha value is -2.37. The Kier molecular flexibility index (Phi) is 22.8. The molecule has 0 aromatic heterocycles. The maximum Gasteiger partial charge on any atom is 0.336 e. The topological polar surface area (TPSA) is 191 Å². The lowest BCUT2D eigenvalue weighted by atomic mass is 9.62. The number of hydrogen-bond donors (Lipinski definition) is 6. The van der Waals surface area contributed by atoms with Crippen molar-refractivity contribution in [2.24, 2.45) is 21.7 Å². The molecule has 1 saturated heterocycles. The minimum atomic E-state index is -1.86. The molecule has 0 radical (unpaired) electrons. The summed E-state index contributed by atoms with van der Waals surface area (Å²) in [6.07, 6.45) is 7.04. The Bertz CT molecular complexity index is 1680. The molecule has 6 unspecified atom stereocenters. The van der Waals surface area contributed by atoms with Gasteiger partial charge in [0, 0.05) is 64.3 Å². The molecule has 0 spiro atoms. The standard InChI is InChI=1S/C51H102N8O9Si2/c1-40(60)34-66-25-19-27-69(13,14)68-70(15,16)28-20-26-67-35-43(61)33-59(11,12)24-18-22-53-45(63)55-42-30-49(4,5)37-51(7,32-42)39-57-46(64)56(47(57)65)38-50(6)31-41(29-48(2,3)36-50)54-44(62)52-21-17-23-58(8,9)10/h40-43,60-61H,17-39H2,1-16H3,(H2-2,52,53,54,55,62,63)/p+2. The van der Waals surface area contributed by atoms with E-state index in [-0.39, 0.29) is 64.5 Å². The van der Waals surface area contributed by atoms with Crippen LogP contribution in [0, 0.1) is 21.7 Å². The highest BCUT2D eigenvalue weighted by Gasteiger charge is 2.53. The molecule has 1 heterocycles. The number of carbonyl (C=O) groups is 4. The van der Waals surface area contributed by atoms with Crippen LogP contribution in [0.15, 0.2) is 0 Å². The van der Waals surface area contributed by atoms with E-state index < -0.39 is 28.8 Å². The van der Waals surface area contributed by atoms with Crippen LogP contribution in [-0.2, 0) is 13.6 Å². The van der Waals surface area contributed by atoms with Crippen LogP contribution in [0.3, 0.4) is 0 Å². The Balaban J connectivity index is 1.38. The van der Waals surface area contributed by atoms with Crippen molar-refractivity contribution in [3.8, 4) is 0 Å². The summed E-state index contributed by atoms with van der Waals surface area (Å²) >= 11 is 0. The molecule has 70 heavy (non-hydrogen) atoms. The van der Waals surface area contributed by atoms with Crippen molar-refractivity contribution < 1.29 is 51.9 Å². The fraction of sp³-hybridized carbons (Fsp3) is 0.922. The van der Waals surface area contributed by atoms with Gasteiger partial charge in [-0.3, -0.25) is 0 Å². The normalized spacial score (nSPS) is 25.0. The van der Waals surface area contributed by atoms with Crippen LogP contribution >= 0.6 is 0 Å². The Morgan fingerprint density at radius 1 is 0.671 bits per heavy atom. The van der Waals surface area contributed by atoms with Crippen LogP contribution in [0.2, 0.25) is 38.3 Å². The summed E-state index contributed by atoms with van der Waals surface area (Å²) in [5, 5.41) is 32.7. The van der Waals surface area contributed by atoms with E-state index in [2.05, 4.69) is 124 Å². The van der Waals surface area contributed by atoms with E-state index in [1.54, 1.807) is 6.92 Å². The molecule has 2 saturated carbocycles. The zero-order chi connectivity index (χ0) is 53.0. The molecule has 8 amide bonds. The number of ether oxygens (including phenoxy) is 2. The van der Waals surface area contributed by atoms with Crippen molar-refractivity contribution in [3.63, 3.8) is 0 Å². The Labute approximate surface area is 426 Å². The number of rotatable bonds is 30. The van der Waals surface area contributed by atoms with E-state index in [0.717, 1.165) is 81.0 Å². The van der Waals surface area contributed by atoms with Crippen molar-refractivity contribution in [2.45, 2.75) is 175 Å². The first kappa shape index (κ1) is 61.9. The van der Waals surface area contributed by atoms with Gasteiger partial charge in [0.2, 0.25) is 0 Å². The zero-order valence-electron chi connectivity index (χ0n) is 47.1. The number of aliphatic hydroxyl groups excluding tert-OH is 2. The van der Waals surface area contributed by atoms with Crippen LogP contribution in [0.25, 0.3) is 0 Å². The fourth-order valence-corrected chi connectivity index (χ4v) is 21.1. The van der Waals surface area contributed by atoms with E-state index in [0.29, 0.717) is 69.9 Å². The van der Waals surface area contributed by atoms with Crippen molar-refractivity contribution >= 4 is 40.8 Å². The molecule has 3 fully saturated rings. The maximum absolute atomic E-state index is 13.8. The van der Waals surface area contributed by atoms with Crippen molar-refractivity contribution in [1.29, 1.82) is 0 Å². The number of imide groups is 2. The zero-order valence-corrected chi connectivity index (χ0v) is 49.1. The number of nitrogens with zero attached hydrogens (tertiary/aromatic N) is 4. The minimum absolute atomic E-state index is 0.0662. The first-order valence-electron chi connectivity index (χ1n) is 26.6. The highest BCUT2D eigenvalue weighted by atomic mass is 28.4. The lowest BCUT2D eigenvalue weighted by Gasteiger charge is -2.53. The largest absolute Gasteiger partial charge is 0.455 e. The summed E-state index contributed by atoms with van der Waals surface area (Å²) in [5.74, 6) is 0. The molecule has 3 rings (SSSR count). The number of carbonyl (C=O) groups excluding carboxylic acids is 4. The number of amides is 8. The first-order chi connectivity index (χ1) is 32.0. The SMILES string of the molecule is CC(O)COCCC[Si](C)(C)O[Si](C)(C)CCCOCC(O)C[N+](C)(C)CCCNC(=O)NC1CC(C)(C)CC(C)(CN2C(=O)N(CC3(C)CC(NC(=O)NCCC[N+](C)(C)C)CC(C)(C)C3)C2=O)C1. The summed E-state index contributed by atoms with van der Waals surface area (Å²) in [6, 6.07) is 0.917. The monoisotopic (exact) mass is 1030 g/mol. The summed E-state index contributed by atoms with van der Waals surface area (Å²) in [6.45, 7) is 29.7. The van der Waals surface area contributed by atoms with Crippen LogP contribution in [-0.4, -0.2) is 202 Å². The molecule has 19 heteroatoms. The summed E-state index contributed by atoms with van der Waals surface area (Å²) in [5.41, 5.74) is -0.919. The van der Waals surface area contributed by atoms with Gasteiger partial charge in [0.25, 0.3) is 0 Å². The van der Waals surface area contributed by atoms with Crippen LogP contribution in [0.5, 0.6) is 0 Å². The number of aliphatic hydroxyl groups is 2. The predicted octanol–water partition coefficient (Wildman–Crippen LogP) is 7.16. The third-order valence-corrected chi connectivity index (χ3v) is 21.7. The fourth-order valence-electron chi connectivity index (χ4n) is 12.3. The second-order valence-corrected chi connectivity index (χ2v) is 36.0. The van der Waals surface area contributed by atoms with E-state index in [1.165, 1.54) is 9.80 Å². The molecular weight excluding hydrogens is 925 g/mol. The number of quaternary nitrogens is 2. The van der Waals surface area contributed by atoms with Crippen LogP contribution < -0.4 is 21.3 Å². The molecule has 6 atom stereocenters. The van der Waals surface area contributed by atoms with Gasteiger partial charge < -0.3 is 54.0 Å². The average Bonchev–Trinajstić information content (AvgIpc) is 3.16. The van der Waals surface area contributed by atoms with Gasteiger partial charge in [-0.15, -0.1) is 0 Å². The lowest BCUT2D eigenvalue weighted by Crippen LogP contribution is -2.68. The number of urea groups is 4. The highest BCUT2D eigenvalue weighted by molar-refractivity contribution is 6.84. The van der Waals surface area contributed by atoms with Gasteiger partial charge in [-0.1, -0.05) is 41.5 Å². The predicted molar refractivity (Wildman–Crippen MR) is 285 cm³/mol. The minimum Gasteiger partial charge on any atom is -0.455 e. The Morgan fingerprint density at radius 2 is 1.09 bits per heavy atom. The van der Waals surface area contributed by atoms with Gasteiger partial charge >= 0.3 is 24.1 Å². The second-order valence-electron chi connectivity index (χ2n) is 27.1. The lowest BCUT2D eigenvalue weighted by molar-refractivity contribution is -0.893. The molecule has 0 aromatic carbocycles. The molecule has 1 aliphatic heterocycles. The van der Waals surface area contributed by atoms with E-state index in [4.69, 9.17) is 13.6 Å². The van der Waals surface area contributed by atoms with Gasteiger partial charge in [0.05, 0.1) is 67.6 Å².